The van der Waals surface area contributed by atoms with Gasteiger partial charge in [-0.3, -0.25) is 24.3 Å². The Hall–Kier alpha value is -4.20. The van der Waals surface area contributed by atoms with Crippen LogP contribution in [0.15, 0.2) is 72.2 Å². The number of pyridine rings is 2. The van der Waals surface area contributed by atoms with E-state index in [1.54, 1.807) is 24.8 Å². The molecule has 2 saturated carbocycles. The predicted octanol–water partition coefficient (Wildman–Crippen LogP) is 4.84. The van der Waals surface area contributed by atoms with Gasteiger partial charge in [-0.15, -0.1) is 0 Å². The molecule has 0 aliphatic heterocycles. The number of aromatic nitrogens is 4. The maximum Gasteiger partial charge on any atom is 0.328 e. The molecular weight excluding hydrogens is 466 g/mol. The van der Waals surface area contributed by atoms with Crippen molar-refractivity contribution in [3.8, 4) is 17.1 Å². The molecule has 0 saturated heterocycles. The van der Waals surface area contributed by atoms with Crippen LogP contribution in [0.2, 0.25) is 0 Å². The van der Waals surface area contributed by atoms with Crippen molar-refractivity contribution in [2.24, 2.45) is 10.4 Å². The highest BCUT2D eigenvalue weighted by atomic mass is 16.4. The minimum atomic E-state index is -0.964. The summed E-state index contributed by atoms with van der Waals surface area (Å²) in [5.41, 5.74) is 4.66. The summed E-state index contributed by atoms with van der Waals surface area (Å²) >= 11 is 0. The number of benzene rings is 1. The van der Waals surface area contributed by atoms with Crippen molar-refractivity contribution in [1.29, 1.82) is 0 Å². The van der Waals surface area contributed by atoms with Gasteiger partial charge < -0.3 is 5.11 Å². The molecule has 3 aromatic heterocycles. The van der Waals surface area contributed by atoms with Crippen LogP contribution in [-0.2, 0) is 16.0 Å². The Balaban J connectivity index is 1.30. The maximum absolute atomic E-state index is 12.5. The lowest BCUT2D eigenvalue weighted by atomic mass is 9.58. The minimum absolute atomic E-state index is 0.228. The van der Waals surface area contributed by atoms with Gasteiger partial charge in [0.2, 0.25) is 0 Å². The SMILES string of the molecule is O=C(O)[C@H](Cc1ccc(-n2c(-c3cccnc3)nc3cnccc32)cc1)N=C1CC(=O)C12CCCCC2. The van der Waals surface area contributed by atoms with Gasteiger partial charge in [0.15, 0.2) is 6.04 Å². The van der Waals surface area contributed by atoms with Crippen molar-refractivity contribution in [2.45, 2.75) is 51.0 Å². The monoisotopic (exact) mass is 493 g/mol. The molecule has 3 heterocycles. The normalized spacial score (nSPS) is 18.7. The van der Waals surface area contributed by atoms with Crippen molar-refractivity contribution in [2.75, 3.05) is 0 Å². The number of carbonyl (C=O) groups is 2. The quantitative estimate of drug-likeness (QED) is 0.411. The van der Waals surface area contributed by atoms with E-state index in [0.717, 1.165) is 71.5 Å². The molecule has 8 heteroatoms. The van der Waals surface area contributed by atoms with Gasteiger partial charge in [-0.25, -0.2) is 9.78 Å². The van der Waals surface area contributed by atoms with Crippen LogP contribution in [0.1, 0.15) is 44.1 Å². The smallest absolute Gasteiger partial charge is 0.328 e. The van der Waals surface area contributed by atoms with Crippen molar-refractivity contribution in [1.82, 2.24) is 19.5 Å². The Kier molecular flexibility index (Phi) is 5.87. The summed E-state index contributed by atoms with van der Waals surface area (Å²) in [6.07, 6.45) is 12.3. The van der Waals surface area contributed by atoms with Crippen LogP contribution in [0.25, 0.3) is 28.1 Å². The first-order valence-corrected chi connectivity index (χ1v) is 12.7. The fraction of sp³-hybridized carbons (Fsp3) is 0.310. The van der Waals surface area contributed by atoms with Crippen molar-refractivity contribution in [3.63, 3.8) is 0 Å². The number of ketones is 1. The molecule has 37 heavy (non-hydrogen) atoms. The van der Waals surface area contributed by atoms with Gasteiger partial charge in [0.25, 0.3) is 0 Å². The number of Topliss-reactive ketones (excluding diaryl/α,β-unsaturated/α-hetero) is 1. The van der Waals surface area contributed by atoms with E-state index in [1.165, 1.54) is 0 Å². The molecule has 2 aliphatic carbocycles. The molecule has 186 valence electrons. The highest BCUT2D eigenvalue weighted by molar-refractivity contribution is 6.27. The number of carboxylic acids is 1. The van der Waals surface area contributed by atoms with E-state index < -0.39 is 17.4 Å². The molecule has 1 N–H and O–H groups in total. The lowest BCUT2D eigenvalue weighted by Crippen LogP contribution is -2.52. The number of imidazole rings is 1. The molecule has 8 nitrogen and oxygen atoms in total. The highest BCUT2D eigenvalue weighted by Gasteiger charge is 2.52. The van der Waals surface area contributed by atoms with E-state index in [0.29, 0.717) is 6.42 Å². The number of hydrogen-bond acceptors (Lipinski definition) is 6. The number of fused-ring (bicyclic) bond motifs is 1. The van der Waals surface area contributed by atoms with E-state index in [2.05, 4.69) is 19.5 Å². The third kappa shape index (κ3) is 4.12. The number of carboxylic acid groups (broad SMARTS) is 1. The van der Waals surface area contributed by atoms with Gasteiger partial charge in [0.05, 0.1) is 17.1 Å². The second-order valence-electron chi connectivity index (χ2n) is 9.92. The lowest BCUT2D eigenvalue weighted by molar-refractivity contribution is -0.138. The fourth-order valence-corrected chi connectivity index (χ4v) is 5.70. The van der Waals surface area contributed by atoms with Crippen LogP contribution in [0, 0.1) is 5.41 Å². The molecule has 0 unspecified atom stereocenters. The number of aliphatic carboxylic acids is 1. The topological polar surface area (TPSA) is 110 Å². The Labute approximate surface area is 214 Å². The summed E-state index contributed by atoms with van der Waals surface area (Å²) in [6.45, 7) is 0. The first-order chi connectivity index (χ1) is 18.0. The summed E-state index contributed by atoms with van der Waals surface area (Å²) in [5, 5.41) is 9.93. The molecule has 0 amide bonds. The number of hydrogen-bond donors (Lipinski definition) is 1. The standard InChI is InChI=1S/C29H27N5O3/c35-26-16-25(29(26)11-2-1-3-12-29)32-22(28(36)37)15-19-6-8-21(9-7-19)34-24-10-14-31-18-23(24)33-27(34)20-5-4-13-30-17-20/h4-10,13-14,17-18,22H,1-3,11-12,15-16H2,(H,36,37)/t22-/m0/s1. The van der Waals surface area contributed by atoms with Crippen LogP contribution in [0.3, 0.4) is 0 Å². The van der Waals surface area contributed by atoms with Gasteiger partial charge in [0.1, 0.15) is 17.1 Å². The fourth-order valence-electron chi connectivity index (χ4n) is 5.70. The van der Waals surface area contributed by atoms with Gasteiger partial charge in [0, 0.05) is 48.4 Å². The van der Waals surface area contributed by atoms with E-state index >= 15 is 0 Å². The predicted molar refractivity (Wildman–Crippen MR) is 140 cm³/mol. The number of aliphatic imine (C=N–C) groups is 1. The minimum Gasteiger partial charge on any atom is -0.480 e. The summed E-state index contributed by atoms with van der Waals surface area (Å²) in [5.74, 6) is 0.0200. The maximum atomic E-state index is 12.5. The molecule has 1 atom stereocenters. The zero-order chi connectivity index (χ0) is 25.4. The third-order valence-electron chi connectivity index (χ3n) is 7.72. The number of nitrogens with zero attached hydrogens (tertiary/aromatic N) is 5. The van der Waals surface area contributed by atoms with E-state index in [9.17, 15) is 14.7 Å². The second-order valence-corrected chi connectivity index (χ2v) is 9.92. The molecule has 6 rings (SSSR count). The average Bonchev–Trinajstić information content (AvgIpc) is 3.33. The Morgan fingerprint density at radius 1 is 1.03 bits per heavy atom. The number of rotatable bonds is 6. The van der Waals surface area contributed by atoms with E-state index in [1.807, 2.05) is 42.5 Å². The van der Waals surface area contributed by atoms with Crippen LogP contribution in [-0.4, -0.2) is 48.1 Å². The second kappa shape index (κ2) is 9.35. The van der Waals surface area contributed by atoms with Crippen molar-refractivity contribution < 1.29 is 14.7 Å². The van der Waals surface area contributed by atoms with E-state index in [4.69, 9.17) is 4.98 Å². The van der Waals surface area contributed by atoms with Crippen LogP contribution in [0.5, 0.6) is 0 Å². The number of carbonyl (C=O) groups excluding carboxylic acids is 1. The summed E-state index contributed by atoms with van der Waals surface area (Å²) < 4.78 is 2.06. The lowest BCUT2D eigenvalue weighted by Gasteiger charge is -2.44. The zero-order valence-corrected chi connectivity index (χ0v) is 20.4. The van der Waals surface area contributed by atoms with Gasteiger partial charge >= 0.3 is 5.97 Å². The summed E-state index contributed by atoms with van der Waals surface area (Å²) in [4.78, 5) is 42.5. The van der Waals surface area contributed by atoms with Gasteiger partial charge in [-0.05, 0) is 48.7 Å². The molecule has 2 fully saturated rings. The van der Waals surface area contributed by atoms with Crippen molar-refractivity contribution in [3.05, 3.63) is 72.8 Å². The molecular formula is C29H27N5O3. The van der Waals surface area contributed by atoms with Crippen molar-refractivity contribution >= 4 is 28.5 Å². The third-order valence-corrected chi connectivity index (χ3v) is 7.72. The zero-order valence-electron chi connectivity index (χ0n) is 20.4. The van der Waals surface area contributed by atoms with Gasteiger partial charge in [-0.1, -0.05) is 31.4 Å². The van der Waals surface area contributed by atoms with Gasteiger partial charge in [-0.2, -0.15) is 0 Å². The van der Waals surface area contributed by atoms with E-state index in [-0.39, 0.29) is 12.2 Å². The average molecular weight is 494 g/mol. The first kappa shape index (κ1) is 23.2. The molecule has 0 bridgehead atoms. The van der Waals surface area contributed by atoms with Crippen LogP contribution in [0.4, 0.5) is 0 Å². The Morgan fingerprint density at radius 3 is 2.51 bits per heavy atom. The Morgan fingerprint density at radius 2 is 1.81 bits per heavy atom. The first-order valence-electron chi connectivity index (χ1n) is 12.7. The molecule has 1 spiro atoms. The molecule has 1 aromatic carbocycles. The largest absolute Gasteiger partial charge is 0.480 e. The molecule has 0 radical (unpaired) electrons. The molecule has 4 aromatic rings. The molecule has 2 aliphatic rings. The summed E-state index contributed by atoms with van der Waals surface area (Å²) in [6, 6.07) is 12.7. The Bertz CT molecular complexity index is 1500. The summed E-state index contributed by atoms with van der Waals surface area (Å²) in [7, 11) is 0. The van der Waals surface area contributed by atoms with Crippen LogP contribution < -0.4 is 0 Å². The highest BCUT2D eigenvalue weighted by Crippen LogP contribution is 2.47. The van der Waals surface area contributed by atoms with Crippen LogP contribution >= 0.6 is 0 Å².